The molecule has 0 radical (unpaired) electrons. The van der Waals surface area contributed by atoms with Gasteiger partial charge in [0.1, 0.15) is 0 Å². The molecule has 1 aliphatic heterocycles. The Morgan fingerprint density at radius 1 is 1.29 bits per heavy atom. The number of oxime groups is 1. The number of benzene rings is 1. The molecule has 2 heterocycles. The van der Waals surface area contributed by atoms with E-state index >= 15 is 0 Å². The maximum Gasteiger partial charge on any atom is 0.279 e. The van der Waals surface area contributed by atoms with Crippen LogP contribution >= 0.6 is 10.6 Å². The van der Waals surface area contributed by atoms with Crippen LogP contribution in [0.3, 0.4) is 0 Å². The first-order chi connectivity index (χ1) is 15.0. The first kappa shape index (κ1) is 21.4. The third-order valence-electron chi connectivity index (χ3n) is 4.90. The predicted octanol–water partition coefficient (Wildman–Crippen LogP) is 3.58. The van der Waals surface area contributed by atoms with Gasteiger partial charge in [-0.25, -0.2) is 4.98 Å². The molecular formula is C21H24N4O5S. The van der Waals surface area contributed by atoms with Crippen molar-refractivity contribution in [1.29, 1.82) is 0 Å². The largest absolute Gasteiger partial charge is 0.389 e. The van der Waals surface area contributed by atoms with E-state index in [-0.39, 0.29) is 11.8 Å². The summed E-state index contributed by atoms with van der Waals surface area (Å²) in [7, 11) is -2.95. The van der Waals surface area contributed by atoms with Gasteiger partial charge in [-0.2, -0.15) is 0 Å². The van der Waals surface area contributed by atoms with Crippen molar-refractivity contribution in [3.8, 4) is 0 Å². The van der Waals surface area contributed by atoms with Crippen molar-refractivity contribution in [2.75, 3.05) is 18.5 Å². The van der Waals surface area contributed by atoms with Crippen LogP contribution in [0, 0.1) is 0 Å². The second-order valence-electron chi connectivity index (χ2n) is 7.18. The summed E-state index contributed by atoms with van der Waals surface area (Å²) in [6.07, 6.45) is 6.69. The molecule has 1 aromatic carbocycles. The molecule has 1 aliphatic carbocycles. The number of ether oxygens (including phenoxy) is 1. The zero-order valence-corrected chi connectivity index (χ0v) is 17.8. The second kappa shape index (κ2) is 9.15. The van der Waals surface area contributed by atoms with Crippen molar-refractivity contribution in [2.24, 2.45) is 5.16 Å². The third kappa shape index (κ3) is 5.10. The lowest BCUT2D eigenvalue weighted by Gasteiger charge is -2.30. The minimum Gasteiger partial charge on any atom is -0.389 e. The highest BCUT2D eigenvalue weighted by molar-refractivity contribution is 8.27. The first-order valence-corrected chi connectivity index (χ1v) is 11.5. The van der Waals surface area contributed by atoms with Gasteiger partial charge in [0.05, 0.1) is 36.2 Å². The second-order valence-corrected chi connectivity index (χ2v) is 9.27. The third-order valence-corrected chi connectivity index (χ3v) is 6.89. The fraction of sp³-hybridized carbons (Fsp3) is 0.333. The van der Waals surface area contributed by atoms with Crippen LogP contribution in [0.1, 0.15) is 31.0 Å². The quantitative estimate of drug-likeness (QED) is 0.419. The zero-order chi connectivity index (χ0) is 21.8. The Balaban J connectivity index is 1.56. The van der Waals surface area contributed by atoms with Crippen molar-refractivity contribution >= 4 is 28.0 Å². The number of nitrogens with zero attached hydrogens (tertiary/aromatic N) is 3. The maximum atomic E-state index is 12.9. The minimum atomic E-state index is -2.95. The van der Waals surface area contributed by atoms with Gasteiger partial charge >= 0.3 is 0 Å². The lowest BCUT2D eigenvalue weighted by atomic mass is 10.1. The van der Waals surface area contributed by atoms with Crippen LogP contribution in [0.25, 0.3) is 0 Å². The highest BCUT2D eigenvalue weighted by Crippen LogP contribution is 2.61. The molecular weight excluding hydrogens is 420 g/mol. The van der Waals surface area contributed by atoms with Gasteiger partial charge in [0, 0.05) is 23.3 Å². The number of anilines is 1. The lowest BCUT2D eigenvalue weighted by Crippen LogP contribution is -2.26. The van der Waals surface area contributed by atoms with Crippen LogP contribution in [-0.2, 0) is 20.8 Å². The van der Waals surface area contributed by atoms with Crippen molar-refractivity contribution in [2.45, 2.75) is 37.2 Å². The summed E-state index contributed by atoms with van der Waals surface area (Å²) in [5.74, 6) is -0.215. The Hall–Kier alpha value is -2.79. The molecule has 4 rings (SSSR count). The van der Waals surface area contributed by atoms with Crippen LogP contribution in [0.15, 0.2) is 57.7 Å². The van der Waals surface area contributed by atoms with E-state index in [4.69, 9.17) is 9.57 Å². The molecule has 10 heteroatoms. The molecule has 1 aromatic heterocycles. The van der Waals surface area contributed by atoms with Crippen molar-refractivity contribution in [1.82, 2.24) is 9.97 Å². The molecule has 2 aliphatic rings. The van der Waals surface area contributed by atoms with E-state index in [1.54, 1.807) is 36.5 Å². The van der Waals surface area contributed by atoms with Crippen LogP contribution in [-0.4, -0.2) is 50.0 Å². The lowest BCUT2D eigenvalue weighted by molar-refractivity contribution is -0.110. The minimum absolute atomic E-state index is 0.0435. The summed E-state index contributed by atoms with van der Waals surface area (Å²) in [5.41, 5.74) is 1.33. The van der Waals surface area contributed by atoms with Crippen LogP contribution < -0.4 is 5.32 Å². The van der Waals surface area contributed by atoms with Crippen molar-refractivity contribution in [3.05, 3.63) is 58.9 Å². The average molecular weight is 445 g/mol. The molecule has 0 bridgehead atoms. The number of hydrogen-bond acceptors (Lipinski definition) is 8. The SMILES string of the molecule is CCc1cnc(NC(=O)C(=NO[C@@H]2CCOC2)c2ccc(S(O)(O)C3=CC3)cc2)cn1. The predicted molar refractivity (Wildman–Crippen MR) is 117 cm³/mol. The van der Waals surface area contributed by atoms with Crippen LogP contribution in [0.5, 0.6) is 0 Å². The molecule has 1 amide bonds. The fourth-order valence-corrected chi connectivity index (χ4v) is 4.32. The standard InChI is InChI=1S/C21H24N4O5S/c1-2-15-11-23-19(12-22-15)24-21(26)20(25-30-16-9-10-29-13-16)14-3-5-17(6-4-14)31(27,28)18-7-8-18/h3-7,11-12,16,27-28H,2,8-10,13H2,1H3,(H,23,24,26)/t16-/m1/s1. The van der Waals surface area contributed by atoms with E-state index in [1.165, 1.54) is 6.20 Å². The number of amides is 1. The monoisotopic (exact) mass is 444 g/mol. The van der Waals surface area contributed by atoms with Gasteiger partial charge in [0.15, 0.2) is 17.6 Å². The number of carbonyl (C=O) groups excluding carboxylic acids is 1. The number of nitrogens with one attached hydrogen (secondary N) is 1. The summed E-state index contributed by atoms with van der Waals surface area (Å²) in [4.78, 5) is 27.9. The molecule has 1 fully saturated rings. The molecule has 31 heavy (non-hydrogen) atoms. The van der Waals surface area contributed by atoms with Gasteiger partial charge in [0.25, 0.3) is 5.91 Å². The Labute approximate surface area is 181 Å². The smallest absolute Gasteiger partial charge is 0.279 e. The van der Waals surface area contributed by atoms with Crippen LogP contribution in [0.2, 0.25) is 0 Å². The number of carbonyl (C=O) groups is 1. The summed E-state index contributed by atoms with van der Waals surface area (Å²) in [6.45, 7) is 2.97. The van der Waals surface area contributed by atoms with E-state index in [1.807, 2.05) is 6.92 Å². The topological polar surface area (TPSA) is 126 Å². The van der Waals surface area contributed by atoms with Crippen LogP contribution in [0.4, 0.5) is 5.82 Å². The van der Waals surface area contributed by atoms with E-state index in [0.717, 1.165) is 12.1 Å². The van der Waals surface area contributed by atoms with Gasteiger partial charge in [0.2, 0.25) is 0 Å². The van der Waals surface area contributed by atoms with Gasteiger partial charge in [-0.3, -0.25) is 18.9 Å². The van der Waals surface area contributed by atoms with E-state index in [0.29, 0.717) is 47.2 Å². The van der Waals surface area contributed by atoms with E-state index in [9.17, 15) is 13.9 Å². The Morgan fingerprint density at radius 3 is 2.65 bits per heavy atom. The summed E-state index contributed by atoms with van der Waals surface area (Å²) < 4.78 is 26.0. The maximum absolute atomic E-state index is 12.9. The molecule has 0 spiro atoms. The number of hydrogen-bond donors (Lipinski definition) is 3. The molecule has 164 valence electrons. The number of aryl methyl sites for hydroxylation is 1. The molecule has 1 saturated heterocycles. The van der Waals surface area contributed by atoms with E-state index in [2.05, 4.69) is 20.4 Å². The fourth-order valence-electron chi connectivity index (χ4n) is 2.95. The highest BCUT2D eigenvalue weighted by Gasteiger charge is 2.28. The molecule has 2 aromatic rings. The highest BCUT2D eigenvalue weighted by atomic mass is 32.3. The first-order valence-electron chi connectivity index (χ1n) is 9.99. The van der Waals surface area contributed by atoms with E-state index < -0.39 is 16.5 Å². The van der Waals surface area contributed by atoms with Gasteiger partial charge in [-0.05, 0) is 18.6 Å². The van der Waals surface area contributed by atoms with Crippen molar-refractivity contribution in [3.63, 3.8) is 0 Å². The number of allylic oxidation sites excluding steroid dienone is 2. The molecule has 3 N–H and O–H groups in total. The van der Waals surface area contributed by atoms with Crippen molar-refractivity contribution < 1.29 is 23.5 Å². The molecule has 0 unspecified atom stereocenters. The number of rotatable bonds is 8. The summed E-state index contributed by atoms with van der Waals surface area (Å²) in [5, 5.41) is 6.77. The molecule has 1 atom stereocenters. The Kier molecular flexibility index (Phi) is 6.33. The molecule has 0 saturated carbocycles. The van der Waals surface area contributed by atoms with Gasteiger partial charge in [-0.15, -0.1) is 10.6 Å². The molecule has 9 nitrogen and oxygen atoms in total. The summed E-state index contributed by atoms with van der Waals surface area (Å²) >= 11 is 0. The zero-order valence-electron chi connectivity index (χ0n) is 17.0. The van der Waals surface area contributed by atoms with Gasteiger partial charge < -0.3 is 14.9 Å². The Bertz CT molecular complexity index is 999. The summed E-state index contributed by atoms with van der Waals surface area (Å²) in [6, 6.07) is 6.40. The number of aromatic nitrogens is 2. The normalized spacial score (nSPS) is 19.0. The van der Waals surface area contributed by atoms with Gasteiger partial charge in [-0.1, -0.05) is 30.3 Å². The average Bonchev–Trinajstić information content (AvgIpc) is 3.52. The Morgan fingerprint density at radius 2 is 2.06 bits per heavy atom.